The first-order valence-electron chi connectivity index (χ1n) is 11.3. The number of hydrogen-bond donors (Lipinski definition) is 1. The fourth-order valence-corrected chi connectivity index (χ4v) is 9.20. The Labute approximate surface area is 179 Å². The van der Waals surface area contributed by atoms with E-state index in [-0.39, 0.29) is 23.2 Å². The smallest absolute Gasteiger partial charge is 0.320 e. The molecule has 2 unspecified atom stereocenters. The number of urea groups is 1. The second-order valence-electron chi connectivity index (χ2n) is 10.9. The van der Waals surface area contributed by atoms with E-state index in [4.69, 9.17) is 0 Å². The van der Waals surface area contributed by atoms with Gasteiger partial charge in [-0.05, 0) is 73.8 Å². The minimum atomic E-state index is -3.23. The summed E-state index contributed by atoms with van der Waals surface area (Å²) in [6.07, 6.45) is 8.13. The molecule has 1 aliphatic heterocycles. The standard InChI is InChI=1S/C23H31N3O3S/c1-25-21(27)26(14-23(25)12-16-5-3-4-6-17(16)13-23)20-18-7-15-8-19(20)11-22(9-15,10-18)24-30(2,28)29/h3-6,15,18-20,24H,7-14H2,1-2H3. The third-order valence-corrected chi connectivity index (χ3v) is 9.66. The maximum absolute atomic E-state index is 13.5. The first-order chi connectivity index (χ1) is 14.2. The Hall–Kier alpha value is -1.60. The van der Waals surface area contributed by atoms with Crippen LogP contribution in [0.1, 0.15) is 43.2 Å². The lowest BCUT2D eigenvalue weighted by Crippen LogP contribution is -2.66. The summed E-state index contributed by atoms with van der Waals surface area (Å²) >= 11 is 0. The van der Waals surface area contributed by atoms with Crippen molar-refractivity contribution in [3.8, 4) is 0 Å². The van der Waals surface area contributed by atoms with Crippen LogP contribution in [0.2, 0.25) is 0 Å². The fraction of sp³-hybridized carbons (Fsp3) is 0.696. The highest BCUT2D eigenvalue weighted by Gasteiger charge is 2.61. The van der Waals surface area contributed by atoms with Crippen LogP contribution in [0.3, 0.4) is 0 Å². The number of likely N-dealkylation sites (N-methyl/N-ethyl adjacent to an activating group) is 1. The number of sulfonamides is 1. The zero-order valence-electron chi connectivity index (χ0n) is 17.8. The molecule has 6 aliphatic rings. The highest BCUT2D eigenvalue weighted by Crippen LogP contribution is 2.58. The molecule has 5 fully saturated rings. The van der Waals surface area contributed by atoms with Gasteiger partial charge in [-0.25, -0.2) is 17.9 Å². The summed E-state index contributed by atoms with van der Waals surface area (Å²) in [7, 11) is -1.25. The maximum atomic E-state index is 13.5. The quantitative estimate of drug-likeness (QED) is 0.802. The Bertz CT molecular complexity index is 981. The van der Waals surface area contributed by atoms with Gasteiger partial charge in [0, 0.05) is 25.2 Å². The summed E-state index contributed by atoms with van der Waals surface area (Å²) in [5, 5.41) is 0. The minimum absolute atomic E-state index is 0.127. The molecule has 1 N–H and O–H groups in total. The van der Waals surface area contributed by atoms with Crippen LogP contribution in [0, 0.1) is 17.8 Å². The van der Waals surface area contributed by atoms with Crippen molar-refractivity contribution in [3.63, 3.8) is 0 Å². The molecule has 0 aromatic heterocycles. The molecule has 7 rings (SSSR count). The Morgan fingerprint density at radius 2 is 1.63 bits per heavy atom. The highest BCUT2D eigenvalue weighted by molar-refractivity contribution is 7.88. The number of benzene rings is 1. The van der Waals surface area contributed by atoms with Crippen molar-refractivity contribution in [1.82, 2.24) is 14.5 Å². The number of carbonyl (C=O) groups excluding carboxylic acids is 1. The van der Waals surface area contributed by atoms with Gasteiger partial charge < -0.3 is 9.80 Å². The van der Waals surface area contributed by atoms with E-state index in [1.54, 1.807) is 0 Å². The normalized spacial score (nSPS) is 38.7. The molecule has 4 bridgehead atoms. The van der Waals surface area contributed by atoms with E-state index < -0.39 is 10.0 Å². The van der Waals surface area contributed by atoms with Gasteiger partial charge in [-0.15, -0.1) is 0 Å². The molecular formula is C23H31N3O3S. The predicted molar refractivity (Wildman–Crippen MR) is 114 cm³/mol. The highest BCUT2D eigenvalue weighted by atomic mass is 32.2. The van der Waals surface area contributed by atoms with E-state index in [1.165, 1.54) is 17.4 Å². The van der Waals surface area contributed by atoms with Crippen LogP contribution in [0.5, 0.6) is 0 Å². The van der Waals surface area contributed by atoms with Gasteiger partial charge >= 0.3 is 6.03 Å². The molecule has 1 heterocycles. The summed E-state index contributed by atoms with van der Waals surface area (Å²) < 4.78 is 27.1. The zero-order valence-corrected chi connectivity index (χ0v) is 18.6. The van der Waals surface area contributed by atoms with Crippen LogP contribution in [0.4, 0.5) is 4.79 Å². The molecule has 7 heteroatoms. The molecule has 30 heavy (non-hydrogen) atoms. The third kappa shape index (κ3) is 2.70. The van der Waals surface area contributed by atoms with E-state index in [2.05, 4.69) is 33.9 Å². The average molecular weight is 430 g/mol. The molecule has 6 nitrogen and oxygen atoms in total. The number of amides is 2. The second-order valence-corrected chi connectivity index (χ2v) is 12.7. The van der Waals surface area contributed by atoms with Crippen molar-refractivity contribution in [3.05, 3.63) is 35.4 Å². The Morgan fingerprint density at radius 1 is 1.03 bits per heavy atom. The van der Waals surface area contributed by atoms with E-state index in [1.807, 2.05) is 11.9 Å². The van der Waals surface area contributed by atoms with Crippen LogP contribution < -0.4 is 4.72 Å². The first kappa shape index (κ1) is 19.1. The summed E-state index contributed by atoms with van der Waals surface area (Å²) in [5.41, 5.74) is 2.34. The van der Waals surface area contributed by atoms with Crippen molar-refractivity contribution in [2.45, 2.75) is 62.1 Å². The van der Waals surface area contributed by atoms with Crippen molar-refractivity contribution in [2.24, 2.45) is 17.8 Å². The lowest BCUT2D eigenvalue weighted by atomic mass is 9.51. The van der Waals surface area contributed by atoms with Crippen molar-refractivity contribution in [2.75, 3.05) is 19.8 Å². The van der Waals surface area contributed by atoms with Crippen LogP contribution in [0.25, 0.3) is 0 Å². The summed E-state index contributed by atoms with van der Waals surface area (Å²) in [5.74, 6) is 1.40. The van der Waals surface area contributed by atoms with Crippen molar-refractivity contribution in [1.29, 1.82) is 0 Å². The van der Waals surface area contributed by atoms with Gasteiger partial charge in [-0.1, -0.05) is 24.3 Å². The largest absolute Gasteiger partial charge is 0.320 e. The van der Waals surface area contributed by atoms with Crippen molar-refractivity contribution < 1.29 is 13.2 Å². The van der Waals surface area contributed by atoms with Gasteiger partial charge in [-0.3, -0.25) is 0 Å². The van der Waals surface area contributed by atoms with Crippen LogP contribution >= 0.6 is 0 Å². The van der Waals surface area contributed by atoms with Crippen LogP contribution in [-0.2, 0) is 22.9 Å². The Morgan fingerprint density at radius 3 is 2.20 bits per heavy atom. The van der Waals surface area contributed by atoms with E-state index >= 15 is 0 Å². The summed E-state index contributed by atoms with van der Waals surface area (Å²) in [4.78, 5) is 17.7. The molecular weight excluding hydrogens is 398 g/mol. The number of nitrogens with zero attached hydrogens (tertiary/aromatic N) is 2. The molecule has 1 aromatic rings. The molecule has 1 aromatic carbocycles. The van der Waals surface area contributed by atoms with Crippen molar-refractivity contribution >= 4 is 16.1 Å². The average Bonchev–Trinajstić information content (AvgIpc) is 3.12. The molecule has 2 amide bonds. The van der Waals surface area contributed by atoms with Gasteiger partial charge in [0.15, 0.2) is 0 Å². The fourth-order valence-electron chi connectivity index (χ4n) is 8.17. The monoisotopic (exact) mass is 429 g/mol. The third-order valence-electron chi connectivity index (χ3n) is 8.85. The number of hydrogen-bond acceptors (Lipinski definition) is 3. The van der Waals surface area contributed by atoms with Crippen LogP contribution in [0.15, 0.2) is 24.3 Å². The first-order valence-corrected chi connectivity index (χ1v) is 13.2. The van der Waals surface area contributed by atoms with E-state index in [9.17, 15) is 13.2 Å². The maximum Gasteiger partial charge on any atom is 0.320 e. The van der Waals surface area contributed by atoms with Gasteiger partial charge in [0.2, 0.25) is 10.0 Å². The molecule has 162 valence electrons. The Balaban J connectivity index is 1.28. The second kappa shape index (κ2) is 6.00. The van der Waals surface area contributed by atoms with E-state index in [0.29, 0.717) is 17.8 Å². The topological polar surface area (TPSA) is 69.7 Å². The van der Waals surface area contributed by atoms with Gasteiger partial charge in [0.05, 0.1) is 11.8 Å². The molecule has 5 aliphatic carbocycles. The number of fused-ring (bicyclic) bond motifs is 1. The molecule has 2 atom stereocenters. The lowest BCUT2D eigenvalue weighted by molar-refractivity contribution is -0.0666. The lowest BCUT2D eigenvalue weighted by Gasteiger charge is -2.61. The summed E-state index contributed by atoms with van der Waals surface area (Å²) in [6.45, 7) is 0.797. The predicted octanol–water partition coefficient (Wildman–Crippen LogP) is 2.39. The number of carbonyl (C=O) groups is 1. The van der Waals surface area contributed by atoms with Gasteiger partial charge in [-0.2, -0.15) is 0 Å². The van der Waals surface area contributed by atoms with Gasteiger partial charge in [0.25, 0.3) is 0 Å². The Kier molecular flexibility index (Phi) is 3.82. The zero-order chi connectivity index (χ0) is 20.9. The molecule has 0 radical (unpaired) electrons. The van der Waals surface area contributed by atoms with E-state index in [0.717, 1.165) is 51.5 Å². The summed E-state index contributed by atoms with van der Waals surface area (Å²) in [6, 6.07) is 9.03. The molecule has 4 saturated carbocycles. The molecule has 1 saturated heterocycles. The SMILES string of the molecule is CN1C(=O)N(C2C3CC4CC2CC(NS(C)(=O)=O)(C4)C3)CC12Cc1ccccc1C2. The van der Waals surface area contributed by atoms with Crippen LogP contribution in [-0.4, -0.2) is 61.2 Å². The molecule has 1 spiro atoms. The number of rotatable bonds is 3. The number of nitrogens with one attached hydrogen (secondary N) is 1. The van der Waals surface area contributed by atoms with Gasteiger partial charge in [0.1, 0.15) is 0 Å². The minimum Gasteiger partial charge on any atom is -0.320 e.